The van der Waals surface area contributed by atoms with Crippen LogP contribution in [0.25, 0.3) is 0 Å². The number of anilines is 1. The van der Waals surface area contributed by atoms with Gasteiger partial charge in [0.1, 0.15) is 6.61 Å². The Labute approximate surface area is 127 Å². The van der Waals surface area contributed by atoms with E-state index in [0.717, 1.165) is 5.56 Å². The Hall–Kier alpha value is -1.71. The maximum absolute atomic E-state index is 12.0. The first-order chi connectivity index (χ1) is 9.49. The minimum atomic E-state index is -0.498. The van der Waals surface area contributed by atoms with E-state index in [1.807, 2.05) is 13.0 Å². The van der Waals surface area contributed by atoms with Crippen molar-refractivity contribution >= 4 is 34.9 Å². The Kier molecular flexibility index (Phi) is 4.53. The monoisotopic (exact) mass is 309 g/mol. The van der Waals surface area contributed by atoms with Crippen LogP contribution in [-0.4, -0.2) is 5.97 Å². The van der Waals surface area contributed by atoms with E-state index in [-0.39, 0.29) is 6.61 Å². The molecule has 2 aromatic carbocycles. The molecule has 0 bridgehead atoms. The number of nitrogen functional groups attached to an aromatic ring is 1. The van der Waals surface area contributed by atoms with Crippen LogP contribution in [0.5, 0.6) is 0 Å². The molecule has 0 aromatic heterocycles. The fourth-order valence-electron chi connectivity index (χ4n) is 1.73. The van der Waals surface area contributed by atoms with Crippen molar-refractivity contribution in [3.8, 4) is 0 Å². The number of ether oxygens (including phenoxy) is 1. The standard InChI is InChI=1S/C15H13Cl2NO2/c1-9-5-6-14(18)10(7-9)15(19)20-8-11-12(16)3-2-4-13(11)17/h2-7H,8,18H2,1H3. The lowest BCUT2D eigenvalue weighted by molar-refractivity contribution is 0.0474. The van der Waals surface area contributed by atoms with Gasteiger partial charge in [0.05, 0.1) is 5.56 Å². The summed E-state index contributed by atoms with van der Waals surface area (Å²) in [6.07, 6.45) is 0. The molecule has 0 aliphatic rings. The molecular formula is C15H13Cl2NO2. The minimum Gasteiger partial charge on any atom is -0.457 e. The molecule has 104 valence electrons. The zero-order chi connectivity index (χ0) is 14.7. The molecule has 0 saturated heterocycles. The van der Waals surface area contributed by atoms with Crippen LogP contribution in [-0.2, 0) is 11.3 Å². The third-order valence-corrected chi connectivity index (χ3v) is 3.55. The number of rotatable bonds is 3. The van der Waals surface area contributed by atoms with Gasteiger partial charge >= 0.3 is 5.97 Å². The van der Waals surface area contributed by atoms with Crippen LogP contribution in [0.15, 0.2) is 36.4 Å². The Balaban J connectivity index is 2.15. The van der Waals surface area contributed by atoms with Gasteiger partial charge in [0.2, 0.25) is 0 Å². The summed E-state index contributed by atoms with van der Waals surface area (Å²) < 4.78 is 5.22. The zero-order valence-electron chi connectivity index (χ0n) is 10.8. The van der Waals surface area contributed by atoms with Gasteiger partial charge in [0, 0.05) is 21.3 Å². The summed E-state index contributed by atoms with van der Waals surface area (Å²) >= 11 is 12.0. The van der Waals surface area contributed by atoms with Crippen LogP contribution >= 0.6 is 23.2 Å². The molecule has 0 unspecified atom stereocenters. The fraction of sp³-hybridized carbons (Fsp3) is 0.133. The number of benzene rings is 2. The van der Waals surface area contributed by atoms with Gasteiger partial charge < -0.3 is 10.5 Å². The normalized spacial score (nSPS) is 10.3. The molecule has 2 rings (SSSR count). The molecule has 0 spiro atoms. The van der Waals surface area contributed by atoms with Crippen LogP contribution in [0.4, 0.5) is 5.69 Å². The van der Waals surface area contributed by atoms with Crippen molar-refractivity contribution in [1.29, 1.82) is 0 Å². The number of hydrogen-bond acceptors (Lipinski definition) is 3. The van der Waals surface area contributed by atoms with E-state index in [4.69, 9.17) is 33.7 Å². The molecule has 2 aromatic rings. The van der Waals surface area contributed by atoms with Gasteiger partial charge in [-0.2, -0.15) is 0 Å². The van der Waals surface area contributed by atoms with Crippen LogP contribution < -0.4 is 5.73 Å². The molecule has 0 radical (unpaired) electrons. The Morgan fingerprint density at radius 3 is 2.50 bits per heavy atom. The predicted molar refractivity (Wildman–Crippen MR) is 81.2 cm³/mol. The third-order valence-electron chi connectivity index (χ3n) is 2.84. The summed E-state index contributed by atoms with van der Waals surface area (Å²) in [5.41, 5.74) is 8.00. The Bertz CT molecular complexity index is 636. The molecule has 0 aliphatic heterocycles. The maximum Gasteiger partial charge on any atom is 0.340 e. The van der Waals surface area contributed by atoms with Gasteiger partial charge in [-0.3, -0.25) is 0 Å². The summed E-state index contributed by atoms with van der Waals surface area (Å²) in [5.74, 6) is -0.498. The predicted octanol–water partition coefficient (Wildman–Crippen LogP) is 4.24. The number of halogens is 2. The number of aryl methyl sites for hydroxylation is 1. The molecule has 2 N–H and O–H groups in total. The zero-order valence-corrected chi connectivity index (χ0v) is 12.3. The minimum absolute atomic E-state index is 0.00468. The van der Waals surface area contributed by atoms with Crippen molar-refractivity contribution in [2.24, 2.45) is 0 Å². The summed E-state index contributed by atoms with van der Waals surface area (Å²) in [5, 5.41) is 0.921. The smallest absolute Gasteiger partial charge is 0.340 e. The number of nitrogens with two attached hydrogens (primary N) is 1. The van der Waals surface area contributed by atoms with Crippen LogP contribution in [0.2, 0.25) is 10.0 Å². The van der Waals surface area contributed by atoms with E-state index < -0.39 is 5.97 Å². The number of hydrogen-bond donors (Lipinski definition) is 1. The molecular weight excluding hydrogens is 297 g/mol. The molecule has 0 heterocycles. The second-order valence-electron chi connectivity index (χ2n) is 4.37. The summed E-state index contributed by atoms with van der Waals surface area (Å²) in [4.78, 5) is 12.0. The molecule has 0 fully saturated rings. The number of carbonyl (C=O) groups is 1. The quantitative estimate of drug-likeness (QED) is 0.681. The largest absolute Gasteiger partial charge is 0.457 e. The van der Waals surface area contributed by atoms with E-state index in [0.29, 0.717) is 26.9 Å². The van der Waals surface area contributed by atoms with Crippen molar-refractivity contribution in [1.82, 2.24) is 0 Å². The van der Waals surface area contributed by atoms with Crippen molar-refractivity contribution in [2.75, 3.05) is 5.73 Å². The van der Waals surface area contributed by atoms with Crippen molar-refractivity contribution in [3.63, 3.8) is 0 Å². The van der Waals surface area contributed by atoms with Crippen LogP contribution in [0.3, 0.4) is 0 Å². The van der Waals surface area contributed by atoms with E-state index >= 15 is 0 Å². The van der Waals surface area contributed by atoms with Crippen LogP contribution in [0.1, 0.15) is 21.5 Å². The van der Waals surface area contributed by atoms with E-state index in [1.54, 1.807) is 30.3 Å². The Morgan fingerprint density at radius 1 is 1.20 bits per heavy atom. The third kappa shape index (κ3) is 3.24. The van der Waals surface area contributed by atoms with Gasteiger partial charge in [0.15, 0.2) is 0 Å². The van der Waals surface area contributed by atoms with Gasteiger partial charge in [-0.05, 0) is 31.2 Å². The first kappa shape index (κ1) is 14.7. The van der Waals surface area contributed by atoms with E-state index in [9.17, 15) is 4.79 Å². The molecule has 0 aliphatic carbocycles. The first-order valence-corrected chi connectivity index (χ1v) is 6.71. The molecule has 0 saturated carbocycles. The topological polar surface area (TPSA) is 52.3 Å². The number of carbonyl (C=O) groups excluding carboxylic acids is 1. The van der Waals surface area contributed by atoms with Crippen molar-refractivity contribution < 1.29 is 9.53 Å². The lowest BCUT2D eigenvalue weighted by atomic mass is 10.1. The second kappa shape index (κ2) is 6.16. The van der Waals surface area contributed by atoms with E-state index in [2.05, 4.69) is 0 Å². The molecule has 0 atom stereocenters. The maximum atomic E-state index is 12.0. The van der Waals surface area contributed by atoms with Gasteiger partial charge in [-0.1, -0.05) is 40.9 Å². The highest BCUT2D eigenvalue weighted by Crippen LogP contribution is 2.25. The molecule has 0 amide bonds. The van der Waals surface area contributed by atoms with E-state index in [1.165, 1.54) is 0 Å². The molecule has 5 heteroatoms. The lowest BCUT2D eigenvalue weighted by Gasteiger charge is -2.10. The highest BCUT2D eigenvalue weighted by atomic mass is 35.5. The molecule has 20 heavy (non-hydrogen) atoms. The highest BCUT2D eigenvalue weighted by molar-refractivity contribution is 6.35. The summed E-state index contributed by atoms with van der Waals surface area (Å²) in [6, 6.07) is 10.3. The first-order valence-electron chi connectivity index (χ1n) is 5.95. The summed E-state index contributed by atoms with van der Waals surface area (Å²) in [6.45, 7) is 1.88. The average Bonchev–Trinajstić information content (AvgIpc) is 2.40. The van der Waals surface area contributed by atoms with Gasteiger partial charge in [-0.15, -0.1) is 0 Å². The van der Waals surface area contributed by atoms with Gasteiger partial charge in [-0.25, -0.2) is 4.79 Å². The second-order valence-corrected chi connectivity index (χ2v) is 5.18. The lowest BCUT2D eigenvalue weighted by Crippen LogP contribution is -2.09. The average molecular weight is 310 g/mol. The highest BCUT2D eigenvalue weighted by Gasteiger charge is 2.13. The van der Waals surface area contributed by atoms with Gasteiger partial charge in [0.25, 0.3) is 0 Å². The van der Waals surface area contributed by atoms with Crippen molar-refractivity contribution in [3.05, 3.63) is 63.1 Å². The van der Waals surface area contributed by atoms with Crippen LogP contribution in [0, 0.1) is 6.92 Å². The molecule has 3 nitrogen and oxygen atoms in total. The number of esters is 1. The SMILES string of the molecule is Cc1ccc(N)c(C(=O)OCc2c(Cl)cccc2Cl)c1. The fourth-order valence-corrected chi connectivity index (χ4v) is 2.24. The summed E-state index contributed by atoms with van der Waals surface area (Å²) in [7, 11) is 0. The Morgan fingerprint density at radius 2 is 1.85 bits per heavy atom. The van der Waals surface area contributed by atoms with Crippen molar-refractivity contribution in [2.45, 2.75) is 13.5 Å².